The second-order valence-electron chi connectivity index (χ2n) is 11.3. The predicted molar refractivity (Wildman–Crippen MR) is 168 cm³/mol. The first-order valence-electron chi connectivity index (χ1n) is 15.0. The number of nitrogens with zero attached hydrogens (tertiary/aromatic N) is 1. The number of methoxy groups -OCH3 is 1. The van der Waals surface area contributed by atoms with Crippen LogP contribution >= 0.6 is 0 Å². The van der Waals surface area contributed by atoms with Crippen LogP contribution in [0.2, 0.25) is 0 Å². The van der Waals surface area contributed by atoms with E-state index in [2.05, 4.69) is 12.1 Å². The van der Waals surface area contributed by atoms with Gasteiger partial charge in [0.05, 0.1) is 35.8 Å². The molecule has 1 heterocycles. The fourth-order valence-corrected chi connectivity index (χ4v) is 6.16. The molecular weight excluding hydrogens is 586 g/mol. The van der Waals surface area contributed by atoms with Gasteiger partial charge in [-0.15, -0.1) is 0 Å². The van der Waals surface area contributed by atoms with Crippen molar-refractivity contribution in [2.45, 2.75) is 25.2 Å². The fraction of sp³-hybridized carbons (Fsp3) is 0.216. The lowest BCUT2D eigenvalue weighted by Gasteiger charge is -2.28. The zero-order valence-electron chi connectivity index (χ0n) is 25.1. The molecule has 232 valence electrons. The van der Waals surface area contributed by atoms with Crippen LogP contribution in [0.1, 0.15) is 61.8 Å². The first kappa shape index (κ1) is 30.5. The number of hydrogen-bond acceptors (Lipinski definition) is 8. The molecule has 4 aromatic rings. The van der Waals surface area contributed by atoms with E-state index in [0.717, 1.165) is 6.42 Å². The zero-order chi connectivity index (χ0) is 32.2. The molecule has 46 heavy (non-hydrogen) atoms. The van der Waals surface area contributed by atoms with Gasteiger partial charge >= 0.3 is 11.9 Å². The van der Waals surface area contributed by atoms with Crippen molar-refractivity contribution in [1.82, 2.24) is 0 Å². The number of amides is 2. The number of ether oxygens (including phenoxy) is 3. The summed E-state index contributed by atoms with van der Waals surface area (Å²) in [5.74, 6) is -2.13. The van der Waals surface area contributed by atoms with Gasteiger partial charge in [0.2, 0.25) is 11.8 Å². The molecular formula is C37H31NO8. The highest BCUT2D eigenvalue weighted by molar-refractivity contribution is 6.22. The zero-order valence-corrected chi connectivity index (χ0v) is 25.1. The molecule has 1 saturated carbocycles. The van der Waals surface area contributed by atoms with Crippen molar-refractivity contribution in [2.24, 2.45) is 11.8 Å². The number of carbonyl (C=O) groups excluding carboxylic acids is 5. The molecule has 1 aliphatic carbocycles. The smallest absolute Gasteiger partial charge is 0.343 e. The maximum atomic E-state index is 13.5. The fourth-order valence-electron chi connectivity index (χ4n) is 6.16. The van der Waals surface area contributed by atoms with Gasteiger partial charge in [0.15, 0.2) is 12.4 Å². The van der Waals surface area contributed by atoms with E-state index in [4.69, 9.17) is 14.2 Å². The number of rotatable bonds is 9. The molecule has 1 aliphatic heterocycles. The van der Waals surface area contributed by atoms with E-state index in [1.807, 2.05) is 18.2 Å². The Balaban J connectivity index is 1.06. The normalized spacial score (nSPS) is 18.9. The number of carbonyl (C=O) groups is 5. The van der Waals surface area contributed by atoms with E-state index >= 15 is 0 Å². The number of esters is 2. The predicted octanol–water partition coefficient (Wildman–Crippen LogP) is 6.03. The third kappa shape index (κ3) is 6.30. The molecule has 0 N–H and O–H groups in total. The Morgan fingerprint density at radius 3 is 2.13 bits per heavy atom. The van der Waals surface area contributed by atoms with E-state index in [-0.39, 0.29) is 40.5 Å². The summed E-state index contributed by atoms with van der Waals surface area (Å²) >= 11 is 0. The third-order valence-corrected chi connectivity index (χ3v) is 8.56. The lowest BCUT2D eigenvalue weighted by molar-refractivity contribution is -0.122. The maximum absolute atomic E-state index is 13.5. The molecule has 1 saturated heterocycles. The van der Waals surface area contributed by atoms with E-state index in [9.17, 15) is 24.0 Å². The van der Waals surface area contributed by atoms with Crippen LogP contribution in [0, 0.1) is 11.8 Å². The quantitative estimate of drug-likeness (QED) is 0.0968. The van der Waals surface area contributed by atoms with Crippen molar-refractivity contribution in [3.05, 3.63) is 125 Å². The van der Waals surface area contributed by atoms with Crippen LogP contribution in [0.4, 0.5) is 5.69 Å². The van der Waals surface area contributed by atoms with Gasteiger partial charge in [0.1, 0.15) is 11.5 Å². The molecule has 0 unspecified atom stereocenters. The lowest BCUT2D eigenvalue weighted by atomic mass is 9.73. The number of Topliss-reactive ketones (excluding diaryl/α,β-unsaturated/α-hetero) is 1. The first-order chi connectivity index (χ1) is 22.3. The SMILES string of the molecule is COc1cccc(C(=O)Oc2ccc(C(=O)COC(=O)c3cccc(N4C(=O)[C@H]5CC[C@H](c6ccccc6)C[C@@H]5C4=O)c3)cc2)c1. The van der Waals surface area contributed by atoms with Gasteiger partial charge in [-0.2, -0.15) is 0 Å². The Morgan fingerprint density at radius 1 is 0.696 bits per heavy atom. The summed E-state index contributed by atoms with van der Waals surface area (Å²) < 4.78 is 15.8. The molecule has 4 aromatic carbocycles. The highest BCUT2D eigenvalue weighted by Gasteiger charge is 2.50. The molecule has 0 spiro atoms. The number of hydrogen-bond donors (Lipinski definition) is 0. The number of benzene rings is 4. The number of anilines is 1. The molecule has 0 radical (unpaired) electrons. The summed E-state index contributed by atoms with van der Waals surface area (Å²) in [5, 5.41) is 0. The Labute approximate surface area is 265 Å². The van der Waals surface area contributed by atoms with Crippen LogP contribution in [0.25, 0.3) is 0 Å². The van der Waals surface area contributed by atoms with Crippen LogP contribution < -0.4 is 14.4 Å². The summed E-state index contributed by atoms with van der Waals surface area (Å²) in [6, 6.07) is 28.6. The van der Waals surface area contributed by atoms with E-state index in [1.54, 1.807) is 36.4 Å². The Bertz CT molecular complexity index is 1800. The minimum atomic E-state index is -0.764. The van der Waals surface area contributed by atoms with Crippen molar-refractivity contribution in [3.63, 3.8) is 0 Å². The maximum Gasteiger partial charge on any atom is 0.343 e. The van der Waals surface area contributed by atoms with Gasteiger partial charge in [-0.05, 0) is 91.4 Å². The Morgan fingerprint density at radius 2 is 1.39 bits per heavy atom. The average Bonchev–Trinajstić information content (AvgIpc) is 3.36. The van der Waals surface area contributed by atoms with Gasteiger partial charge in [0.25, 0.3) is 0 Å². The largest absolute Gasteiger partial charge is 0.497 e. The second-order valence-corrected chi connectivity index (χ2v) is 11.3. The monoisotopic (exact) mass is 617 g/mol. The molecule has 2 aliphatic rings. The summed E-state index contributed by atoms with van der Waals surface area (Å²) in [5.41, 5.74) is 2.16. The topological polar surface area (TPSA) is 116 Å². The second kappa shape index (κ2) is 13.2. The van der Waals surface area contributed by atoms with E-state index < -0.39 is 30.2 Å². The highest BCUT2D eigenvalue weighted by atomic mass is 16.5. The average molecular weight is 618 g/mol. The van der Waals surface area contributed by atoms with Crippen LogP contribution in [0.15, 0.2) is 103 Å². The highest BCUT2D eigenvalue weighted by Crippen LogP contribution is 2.45. The van der Waals surface area contributed by atoms with Gasteiger partial charge in [-0.1, -0.05) is 42.5 Å². The standard InChI is InChI=1S/C37H31NO8/c1-44-30-12-6-10-27(20-30)37(43)46-29-16-13-24(14-17-29)33(39)22-45-36(42)26-9-5-11-28(19-26)38-34(40)31-18-15-25(21-32(31)35(38)41)23-7-3-2-4-8-23/h2-14,16-17,19-20,25,31-32H,15,18,21-22H2,1H3/t25-,31-,32-/m0/s1. The van der Waals surface area contributed by atoms with Crippen LogP contribution in [-0.4, -0.2) is 43.3 Å². The van der Waals surface area contributed by atoms with E-state index in [0.29, 0.717) is 29.8 Å². The molecule has 9 nitrogen and oxygen atoms in total. The molecule has 0 aromatic heterocycles. The van der Waals surface area contributed by atoms with Crippen molar-refractivity contribution >= 4 is 35.2 Å². The van der Waals surface area contributed by atoms with Gasteiger partial charge in [-0.3, -0.25) is 19.3 Å². The summed E-state index contributed by atoms with van der Waals surface area (Å²) in [4.78, 5) is 66.1. The Hall–Kier alpha value is -5.57. The lowest BCUT2D eigenvalue weighted by Crippen LogP contribution is -2.31. The Kier molecular flexibility index (Phi) is 8.74. The van der Waals surface area contributed by atoms with Crippen molar-refractivity contribution in [2.75, 3.05) is 18.6 Å². The summed E-state index contributed by atoms with van der Waals surface area (Å²) in [6.07, 6.45) is 2.06. The van der Waals surface area contributed by atoms with Crippen molar-refractivity contribution < 1.29 is 38.2 Å². The van der Waals surface area contributed by atoms with Gasteiger partial charge < -0.3 is 14.2 Å². The van der Waals surface area contributed by atoms with Gasteiger partial charge in [-0.25, -0.2) is 9.59 Å². The number of fused-ring (bicyclic) bond motifs is 1. The summed E-state index contributed by atoms with van der Waals surface area (Å²) in [7, 11) is 1.50. The van der Waals surface area contributed by atoms with Crippen LogP contribution in [0.5, 0.6) is 11.5 Å². The number of imide groups is 1. The first-order valence-corrected chi connectivity index (χ1v) is 15.0. The van der Waals surface area contributed by atoms with E-state index in [1.165, 1.54) is 54.0 Å². The minimum Gasteiger partial charge on any atom is -0.497 e. The van der Waals surface area contributed by atoms with Crippen LogP contribution in [0.3, 0.4) is 0 Å². The molecule has 0 bridgehead atoms. The molecule has 3 atom stereocenters. The van der Waals surface area contributed by atoms with Crippen molar-refractivity contribution in [3.8, 4) is 11.5 Å². The number of ketones is 1. The van der Waals surface area contributed by atoms with Crippen molar-refractivity contribution in [1.29, 1.82) is 0 Å². The molecule has 2 fully saturated rings. The summed E-state index contributed by atoms with van der Waals surface area (Å²) in [6.45, 7) is -0.529. The minimum absolute atomic E-state index is 0.114. The molecule has 2 amide bonds. The van der Waals surface area contributed by atoms with Crippen LogP contribution in [-0.2, 0) is 14.3 Å². The third-order valence-electron chi connectivity index (χ3n) is 8.56. The molecule has 9 heteroatoms. The molecule has 6 rings (SSSR count). The van der Waals surface area contributed by atoms with Gasteiger partial charge in [0, 0.05) is 5.56 Å².